The first kappa shape index (κ1) is 12.8. The van der Waals surface area contributed by atoms with Gasteiger partial charge in [-0.1, -0.05) is 0 Å². The lowest BCUT2D eigenvalue weighted by atomic mass is 9.97. The van der Waals surface area contributed by atoms with Crippen LogP contribution < -0.4 is 9.80 Å². The Bertz CT molecular complexity index is 547. The molecule has 0 atom stereocenters. The van der Waals surface area contributed by atoms with Crippen molar-refractivity contribution in [1.82, 2.24) is 20.3 Å². The van der Waals surface area contributed by atoms with Crippen LogP contribution in [0.25, 0.3) is 0 Å². The van der Waals surface area contributed by atoms with Crippen LogP contribution >= 0.6 is 0 Å². The SMILES string of the molecule is CN(C)c1noc(C2CCN(c3cccnn3)CC2)n1. The molecule has 0 amide bonds. The fourth-order valence-corrected chi connectivity index (χ4v) is 2.39. The lowest BCUT2D eigenvalue weighted by molar-refractivity contribution is 0.329. The van der Waals surface area contributed by atoms with Crippen molar-refractivity contribution in [2.45, 2.75) is 18.8 Å². The van der Waals surface area contributed by atoms with Crippen molar-refractivity contribution in [3.8, 4) is 0 Å². The van der Waals surface area contributed by atoms with Gasteiger partial charge in [0.15, 0.2) is 5.82 Å². The molecule has 2 aromatic rings. The molecule has 0 spiro atoms. The first-order chi connectivity index (χ1) is 9.74. The van der Waals surface area contributed by atoms with Gasteiger partial charge in [0.1, 0.15) is 0 Å². The quantitative estimate of drug-likeness (QED) is 0.835. The normalized spacial score (nSPS) is 16.4. The second-order valence-electron chi connectivity index (χ2n) is 5.17. The Morgan fingerprint density at radius 2 is 2.10 bits per heavy atom. The van der Waals surface area contributed by atoms with E-state index in [1.807, 2.05) is 31.1 Å². The summed E-state index contributed by atoms with van der Waals surface area (Å²) in [7, 11) is 3.82. The molecule has 20 heavy (non-hydrogen) atoms. The van der Waals surface area contributed by atoms with E-state index in [0.29, 0.717) is 11.9 Å². The molecule has 0 aromatic carbocycles. The van der Waals surface area contributed by atoms with Gasteiger partial charge in [0.2, 0.25) is 5.89 Å². The molecule has 1 saturated heterocycles. The fraction of sp³-hybridized carbons (Fsp3) is 0.538. The average molecular weight is 274 g/mol. The highest BCUT2D eigenvalue weighted by Gasteiger charge is 2.26. The molecule has 0 unspecified atom stereocenters. The summed E-state index contributed by atoms with van der Waals surface area (Å²) in [6.45, 7) is 1.87. The number of aromatic nitrogens is 4. The summed E-state index contributed by atoms with van der Waals surface area (Å²) >= 11 is 0. The molecule has 3 heterocycles. The molecule has 1 fully saturated rings. The topological polar surface area (TPSA) is 71.2 Å². The van der Waals surface area contributed by atoms with Crippen LogP contribution in [0.4, 0.5) is 11.8 Å². The van der Waals surface area contributed by atoms with Crippen LogP contribution in [0.3, 0.4) is 0 Å². The van der Waals surface area contributed by atoms with Crippen molar-refractivity contribution in [3.05, 3.63) is 24.2 Å². The second kappa shape index (κ2) is 5.44. The summed E-state index contributed by atoms with van der Waals surface area (Å²) in [6.07, 6.45) is 3.68. The van der Waals surface area contributed by atoms with Gasteiger partial charge >= 0.3 is 0 Å². The molecule has 7 nitrogen and oxygen atoms in total. The van der Waals surface area contributed by atoms with Gasteiger partial charge in [-0.25, -0.2) is 0 Å². The van der Waals surface area contributed by atoms with Gasteiger partial charge in [0, 0.05) is 39.3 Å². The van der Waals surface area contributed by atoms with Crippen molar-refractivity contribution in [2.75, 3.05) is 37.0 Å². The Morgan fingerprint density at radius 3 is 2.70 bits per heavy atom. The Hall–Kier alpha value is -2.18. The monoisotopic (exact) mass is 274 g/mol. The first-order valence-electron chi connectivity index (χ1n) is 6.77. The molecular weight excluding hydrogens is 256 g/mol. The number of rotatable bonds is 3. The fourth-order valence-electron chi connectivity index (χ4n) is 2.39. The van der Waals surface area contributed by atoms with Crippen molar-refractivity contribution < 1.29 is 4.52 Å². The molecule has 1 aliphatic heterocycles. The van der Waals surface area contributed by atoms with Gasteiger partial charge in [0.05, 0.1) is 0 Å². The van der Waals surface area contributed by atoms with Crippen LogP contribution in [0, 0.1) is 0 Å². The molecule has 0 saturated carbocycles. The Labute approximate surface area is 117 Å². The Kier molecular flexibility index (Phi) is 3.49. The lowest BCUT2D eigenvalue weighted by Gasteiger charge is -2.30. The molecule has 0 N–H and O–H groups in total. The molecule has 106 valence electrons. The standard InChI is InChI=1S/C13H18N6O/c1-18(2)13-15-12(20-17-13)10-5-8-19(9-6-10)11-4-3-7-14-16-11/h3-4,7,10H,5-6,8-9H2,1-2H3. The predicted molar refractivity (Wildman–Crippen MR) is 74.8 cm³/mol. The van der Waals surface area contributed by atoms with Crippen molar-refractivity contribution in [1.29, 1.82) is 0 Å². The molecule has 0 radical (unpaired) electrons. The van der Waals surface area contributed by atoms with Gasteiger partial charge < -0.3 is 14.3 Å². The Balaban J connectivity index is 1.63. The van der Waals surface area contributed by atoms with Crippen molar-refractivity contribution >= 4 is 11.8 Å². The zero-order valence-corrected chi connectivity index (χ0v) is 11.7. The van der Waals surface area contributed by atoms with E-state index >= 15 is 0 Å². The van der Waals surface area contributed by atoms with E-state index in [-0.39, 0.29) is 0 Å². The summed E-state index contributed by atoms with van der Waals surface area (Å²) in [5.41, 5.74) is 0. The smallest absolute Gasteiger partial charge is 0.265 e. The number of nitrogens with zero attached hydrogens (tertiary/aromatic N) is 6. The molecule has 7 heteroatoms. The van der Waals surface area contributed by atoms with Crippen LogP contribution in [0.1, 0.15) is 24.7 Å². The van der Waals surface area contributed by atoms with Gasteiger partial charge in [-0.3, -0.25) is 0 Å². The minimum Gasteiger partial charge on any atom is -0.355 e. The number of hydrogen-bond donors (Lipinski definition) is 0. The third kappa shape index (κ3) is 2.56. The third-order valence-electron chi connectivity index (χ3n) is 3.56. The van der Waals surface area contributed by atoms with Crippen LogP contribution in [0.5, 0.6) is 0 Å². The maximum Gasteiger partial charge on any atom is 0.265 e. The number of piperidine rings is 1. The highest BCUT2D eigenvalue weighted by Crippen LogP contribution is 2.29. The average Bonchev–Trinajstić information content (AvgIpc) is 2.98. The maximum absolute atomic E-state index is 5.36. The van der Waals surface area contributed by atoms with E-state index in [1.165, 1.54) is 0 Å². The van der Waals surface area contributed by atoms with E-state index in [2.05, 4.69) is 25.2 Å². The summed E-state index contributed by atoms with van der Waals surface area (Å²) in [4.78, 5) is 8.52. The van der Waals surface area contributed by atoms with Crippen LogP contribution in [0.15, 0.2) is 22.9 Å². The second-order valence-corrected chi connectivity index (χ2v) is 5.17. The largest absolute Gasteiger partial charge is 0.355 e. The van der Waals surface area contributed by atoms with Gasteiger partial charge in [0.25, 0.3) is 5.95 Å². The van der Waals surface area contributed by atoms with Crippen LogP contribution in [-0.4, -0.2) is 47.5 Å². The summed E-state index contributed by atoms with van der Waals surface area (Å²) in [5, 5.41) is 12.0. The van der Waals surface area contributed by atoms with Crippen LogP contribution in [-0.2, 0) is 0 Å². The lowest BCUT2D eigenvalue weighted by Crippen LogP contribution is -2.33. The highest BCUT2D eigenvalue weighted by atomic mass is 16.5. The molecule has 0 bridgehead atoms. The molecule has 2 aromatic heterocycles. The van der Waals surface area contributed by atoms with E-state index in [4.69, 9.17) is 4.52 Å². The van der Waals surface area contributed by atoms with Gasteiger partial charge in [-0.05, 0) is 30.1 Å². The first-order valence-corrected chi connectivity index (χ1v) is 6.77. The third-order valence-corrected chi connectivity index (χ3v) is 3.56. The van der Waals surface area contributed by atoms with Crippen molar-refractivity contribution in [3.63, 3.8) is 0 Å². The molecular formula is C13H18N6O. The van der Waals surface area contributed by atoms with Gasteiger partial charge in [-0.15, -0.1) is 5.10 Å². The molecule has 1 aliphatic rings. The molecule has 3 rings (SSSR count). The minimum absolute atomic E-state index is 0.337. The summed E-state index contributed by atoms with van der Waals surface area (Å²) in [6, 6.07) is 3.90. The number of anilines is 2. The molecule has 0 aliphatic carbocycles. The number of hydrogen-bond acceptors (Lipinski definition) is 7. The highest BCUT2D eigenvalue weighted by molar-refractivity contribution is 5.37. The predicted octanol–water partition coefficient (Wildman–Crippen LogP) is 1.31. The summed E-state index contributed by atoms with van der Waals surface area (Å²) in [5.74, 6) is 2.65. The van der Waals surface area contributed by atoms with Crippen LogP contribution in [0.2, 0.25) is 0 Å². The van der Waals surface area contributed by atoms with E-state index in [1.54, 1.807) is 6.20 Å². The van der Waals surface area contributed by atoms with E-state index < -0.39 is 0 Å². The maximum atomic E-state index is 5.36. The Morgan fingerprint density at radius 1 is 1.30 bits per heavy atom. The summed E-state index contributed by atoms with van der Waals surface area (Å²) < 4.78 is 5.36. The van der Waals surface area contributed by atoms with Gasteiger partial charge in [-0.2, -0.15) is 10.1 Å². The van der Waals surface area contributed by atoms with Crippen molar-refractivity contribution in [2.24, 2.45) is 0 Å². The zero-order chi connectivity index (χ0) is 13.9. The zero-order valence-electron chi connectivity index (χ0n) is 11.7. The minimum atomic E-state index is 0.337. The van der Waals surface area contributed by atoms with E-state index in [0.717, 1.165) is 37.6 Å². The van der Waals surface area contributed by atoms with E-state index in [9.17, 15) is 0 Å².